The molecule has 1 amide bonds. The van der Waals surface area contributed by atoms with Crippen molar-refractivity contribution < 1.29 is 4.79 Å². The Bertz CT molecular complexity index is 637. The molecule has 98 valence electrons. The van der Waals surface area contributed by atoms with Crippen LogP contribution in [0.2, 0.25) is 0 Å². The summed E-state index contributed by atoms with van der Waals surface area (Å²) in [5.74, 6) is 0.863. The van der Waals surface area contributed by atoms with Gasteiger partial charge in [-0.2, -0.15) is 0 Å². The van der Waals surface area contributed by atoms with Gasteiger partial charge in [0.05, 0.1) is 6.54 Å². The standard InChI is InChI=1S/C13H14N4OS/c1-9-2-3-10(19)6-11(9)13(18)16-4-5-17-8-14-15-12(17)7-16/h2-3,6,8,19H,4-5,7H2,1H3. The third kappa shape index (κ3) is 2.23. The largest absolute Gasteiger partial charge is 0.329 e. The molecule has 5 nitrogen and oxygen atoms in total. The first-order valence-corrected chi connectivity index (χ1v) is 6.55. The molecule has 6 heteroatoms. The van der Waals surface area contributed by atoms with E-state index < -0.39 is 0 Å². The van der Waals surface area contributed by atoms with Gasteiger partial charge in [-0.25, -0.2) is 0 Å². The fraction of sp³-hybridized carbons (Fsp3) is 0.308. The van der Waals surface area contributed by atoms with Crippen molar-refractivity contribution in [3.05, 3.63) is 41.5 Å². The Hall–Kier alpha value is -1.82. The number of carbonyl (C=O) groups excluding carboxylic acids is 1. The lowest BCUT2D eigenvalue weighted by Gasteiger charge is -2.27. The summed E-state index contributed by atoms with van der Waals surface area (Å²) in [4.78, 5) is 15.1. The second kappa shape index (κ2) is 4.70. The SMILES string of the molecule is Cc1ccc(S)cc1C(=O)N1CCn2cnnc2C1. The second-order valence-corrected chi connectivity index (χ2v) is 5.18. The maximum absolute atomic E-state index is 12.5. The molecule has 0 spiro atoms. The first-order chi connectivity index (χ1) is 9.15. The number of amides is 1. The number of aryl methyl sites for hydroxylation is 1. The predicted octanol–water partition coefficient (Wildman–Crippen LogP) is 1.53. The Morgan fingerprint density at radius 3 is 3.05 bits per heavy atom. The van der Waals surface area contributed by atoms with Crippen LogP contribution in [0.1, 0.15) is 21.7 Å². The van der Waals surface area contributed by atoms with Gasteiger partial charge in [0.25, 0.3) is 5.91 Å². The zero-order chi connectivity index (χ0) is 13.4. The van der Waals surface area contributed by atoms with Gasteiger partial charge >= 0.3 is 0 Å². The van der Waals surface area contributed by atoms with E-state index in [0.29, 0.717) is 18.7 Å². The van der Waals surface area contributed by atoms with Gasteiger partial charge in [-0.15, -0.1) is 22.8 Å². The summed E-state index contributed by atoms with van der Waals surface area (Å²) >= 11 is 4.30. The molecular weight excluding hydrogens is 260 g/mol. The fourth-order valence-corrected chi connectivity index (χ4v) is 2.45. The maximum atomic E-state index is 12.5. The topological polar surface area (TPSA) is 51.0 Å². The molecule has 1 aliphatic heterocycles. The van der Waals surface area contributed by atoms with Crippen molar-refractivity contribution in [3.63, 3.8) is 0 Å². The van der Waals surface area contributed by atoms with Crippen molar-refractivity contribution >= 4 is 18.5 Å². The van der Waals surface area contributed by atoms with Gasteiger partial charge in [-0.3, -0.25) is 4.79 Å². The number of benzene rings is 1. The highest BCUT2D eigenvalue weighted by Crippen LogP contribution is 2.18. The number of hydrogen-bond acceptors (Lipinski definition) is 4. The first-order valence-electron chi connectivity index (χ1n) is 6.11. The van der Waals surface area contributed by atoms with E-state index >= 15 is 0 Å². The number of carbonyl (C=O) groups is 1. The van der Waals surface area contributed by atoms with Gasteiger partial charge in [0.15, 0.2) is 5.82 Å². The minimum atomic E-state index is 0.0302. The van der Waals surface area contributed by atoms with Crippen LogP contribution in [-0.4, -0.2) is 32.1 Å². The van der Waals surface area contributed by atoms with E-state index in [-0.39, 0.29) is 5.91 Å². The molecule has 0 unspecified atom stereocenters. The van der Waals surface area contributed by atoms with Gasteiger partial charge in [-0.1, -0.05) is 6.07 Å². The van der Waals surface area contributed by atoms with Crippen LogP contribution in [0, 0.1) is 6.92 Å². The highest BCUT2D eigenvalue weighted by atomic mass is 32.1. The lowest BCUT2D eigenvalue weighted by molar-refractivity contribution is 0.0706. The molecule has 1 aromatic carbocycles. The van der Waals surface area contributed by atoms with Crippen molar-refractivity contribution in [2.24, 2.45) is 0 Å². The average molecular weight is 274 g/mol. The van der Waals surface area contributed by atoms with Crippen molar-refractivity contribution in [2.45, 2.75) is 24.9 Å². The molecule has 0 aliphatic carbocycles. The van der Waals surface area contributed by atoms with Crippen LogP contribution in [0.5, 0.6) is 0 Å². The number of nitrogens with zero attached hydrogens (tertiary/aromatic N) is 4. The fourth-order valence-electron chi connectivity index (χ4n) is 2.25. The van der Waals surface area contributed by atoms with E-state index in [1.165, 1.54) is 0 Å². The molecule has 0 saturated carbocycles. The second-order valence-electron chi connectivity index (χ2n) is 4.67. The summed E-state index contributed by atoms with van der Waals surface area (Å²) in [6.07, 6.45) is 1.71. The Morgan fingerprint density at radius 2 is 2.21 bits per heavy atom. The van der Waals surface area contributed by atoms with Crippen molar-refractivity contribution in [2.75, 3.05) is 6.54 Å². The molecule has 0 fully saturated rings. The number of hydrogen-bond donors (Lipinski definition) is 1. The zero-order valence-corrected chi connectivity index (χ0v) is 11.5. The van der Waals surface area contributed by atoms with Gasteiger partial charge in [0.1, 0.15) is 6.33 Å². The summed E-state index contributed by atoms with van der Waals surface area (Å²) in [5, 5.41) is 7.89. The van der Waals surface area contributed by atoms with Crippen LogP contribution in [0.25, 0.3) is 0 Å². The molecule has 19 heavy (non-hydrogen) atoms. The van der Waals surface area contributed by atoms with Crippen molar-refractivity contribution in [1.82, 2.24) is 19.7 Å². The van der Waals surface area contributed by atoms with Gasteiger partial charge in [0, 0.05) is 23.5 Å². The molecule has 1 aromatic heterocycles. The molecule has 2 heterocycles. The van der Waals surface area contributed by atoms with Gasteiger partial charge in [0.2, 0.25) is 0 Å². The van der Waals surface area contributed by atoms with Gasteiger partial charge < -0.3 is 9.47 Å². The maximum Gasteiger partial charge on any atom is 0.254 e. The lowest BCUT2D eigenvalue weighted by atomic mass is 10.1. The number of aromatic nitrogens is 3. The summed E-state index contributed by atoms with van der Waals surface area (Å²) in [7, 11) is 0. The number of fused-ring (bicyclic) bond motifs is 1. The van der Waals surface area contributed by atoms with Crippen LogP contribution in [0.15, 0.2) is 29.4 Å². The Kier molecular flexibility index (Phi) is 3.02. The minimum Gasteiger partial charge on any atom is -0.329 e. The van der Waals surface area contributed by atoms with Crippen LogP contribution in [0.3, 0.4) is 0 Å². The Morgan fingerprint density at radius 1 is 1.37 bits per heavy atom. The summed E-state index contributed by atoms with van der Waals surface area (Å²) in [5.41, 5.74) is 1.68. The molecule has 0 bridgehead atoms. The summed E-state index contributed by atoms with van der Waals surface area (Å²) < 4.78 is 1.98. The number of rotatable bonds is 1. The van der Waals surface area contributed by atoms with E-state index in [1.807, 2.05) is 29.7 Å². The van der Waals surface area contributed by atoms with E-state index in [1.54, 1.807) is 11.2 Å². The average Bonchev–Trinajstić information content (AvgIpc) is 2.88. The zero-order valence-electron chi connectivity index (χ0n) is 10.6. The van der Waals surface area contributed by atoms with E-state index in [2.05, 4.69) is 22.8 Å². The highest BCUT2D eigenvalue weighted by molar-refractivity contribution is 7.80. The van der Waals surface area contributed by atoms with Crippen LogP contribution in [-0.2, 0) is 13.1 Å². The van der Waals surface area contributed by atoms with E-state index in [9.17, 15) is 4.79 Å². The van der Waals surface area contributed by atoms with Crippen LogP contribution in [0.4, 0.5) is 0 Å². The first kappa shape index (κ1) is 12.2. The normalized spacial score (nSPS) is 14.3. The third-order valence-corrected chi connectivity index (χ3v) is 3.66. The molecular formula is C13H14N4OS. The quantitative estimate of drug-likeness (QED) is 0.802. The predicted molar refractivity (Wildman–Crippen MR) is 73.2 cm³/mol. The van der Waals surface area contributed by atoms with E-state index in [4.69, 9.17) is 0 Å². The highest BCUT2D eigenvalue weighted by Gasteiger charge is 2.23. The minimum absolute atomic E-state index is 0.0302. The van der Waals surface area contributed by atoms with Crippen LogP contribution < -0.4 is 0 Å². The van der Waals surface area contributed by atoms with E-state index in [0.717, 1.165) is 22.8 Å². The van der Waals surface area contributed by atoms with Gasteiger partial charge in [-0.05, 0) is 24.6 Å². The number of thiol groups is 1. The third-order valence-electron chi connectivity index (χ3n) is 3.38. The van der Waals surface area contributed by atoms with Crippen molar-refractivity contribution in [1.29, 1.82) is 0 Å². The molecule has 0 saturated heterocycles. The van der Waals surface area contributed by atoms with Crippen LogP contribution >= 0.6 is 12.6 Å². The molecule has 1 aliphatic rings. The summed E-state index contributed by atoms with van der Waals surface area (Å²) in [6.45, 7) is 3.87. The Labute approximate surface area is 116 Å². The molecule has 3 rings (SSSR count). The monoisotopic (exact) mass is 274 g/mol. The molecule has 0 N–H and O–H groups in total. The summed E-state index contributed by atoms with van der Waals surface area (Å²) in [6, 6.07) is 5.63. The van der Waals surface area contributed by atoms with Crippen molar-refractivity contribution in [3.8, 4) is 0 Å². The Balaban J connectivity index is 1.87. The molecule has 0 atom stereocenters. The lowest BCUT2D eigenvalue weighted by Crippen LogP contribution is -2.38. The smallest absolute Gasteiger partial charge is 0.254 e. The molecule has 0 radical (unpaired) electrons. The molecule has 2 aromatic rings.